The Kier molecular flexibility index (Phi) is 15.6. The van der Waals surface area contributed by atoms with Crippen molar-refractivity contribution in [3.63, 3.8) is 0 Å². The molecule has 2 heterocycles. The number of benzene rings is 4. The van der Waals surface area contributed by atoms with Gasteiger partial charge in [0.05, 0.1) is 32.0 Å². The van der Waals surface area contributed by atoms with E-state index in [1.165, 1.54) is 0 Å². The number of oxazole rings is 1. The maximum Gasteiger partial charge on any atom is 1.00 e. The summed E-state index contributed by atoms with van der Waals surface area (Å²) in [6.45, 7) is 2.87. The molecule has 0 aliphatic carbocycles. The quantitative estimate of drug-likeness (QED) is 0.0665. The number of aryl methyl sites for hydroxylation is 1. The topological polar surface area (TPSA) is 144 Å². The van der Waals surface area contributed by atoms with Crippen LogP contribution in [0.15, 0.2) is 119 Å². The van der Waals surface area contributed by atoms with E-state index < -0.39 is 31.7 Å². The number of anilines is 1. The van der Waals surface area contributed by atoms with Crippen molar-refractivity contribution in [2.75, 3.05) is 23.0 Å². The van der Waals surface area contributed by atoms with Crippen molar-refractivity contribution in [1.82, 2.24) is 0 Å². The fourth-order valence-corrected chi connectivity index (χ4v) is 7.27. The van der Waals surface area contributed by atoms with Gasteiger partial charge in [0.1, 0.15) is 0 Å². The average Bonchev–Trinajstić information content (AvgIpc) is 3.63. The minimum absolute atomic E-state index is 0. The third-order valence-electron chi connectivity index (χ3n) is 8.75. The monoisotopic (exact) mass is 773 g/mol. The van der Waals surface area contributed by atoms with Crippen molar-refractivity contribution >= 4 is 43.1 Å². The Bertz CT molecular complexity index is 2290. The van der Waals surface area contributed by atoms with Crippen molar-refractivity contribution in [1.29, 1.82) is 0 Å². The number of unbranched alkanes of at least 4 members (excludes halogenated alkanes) is 2. The molecule has 10 nitrogen and oxygen atoms in total. The van der Waals surface area contributed by atoms with Gasteiger partial charge in [0, 0.05) is 36.6 Å². The molecule has 53 heavy (non-hydrogen) atoms. The number of aromatic nitrogens is 1. The zero-order valence-electron chi connectivity index (χ0n) is 30.2. The van der Waals surface area contributed by atoms with Gasteiger partial charge in [-0.3, -0.25) is 0 Å². The summed E-state index contributed by atoms with van der Waals surface area (Å²) < 4.78 is 82.5. The molecule has 0 atom stereocenters. The SMILES string of the molecule is CCC(=Cc1oc2ccc(-c3ccccc3)cc2[n+]1CCCCS(=O)(=O)[O-])C=C1Oc2ccc(-c3ccccc3)cc2N1CCCCS(=O)(=O)[O-].[Na+].[Na+]. The van der Waals surface area contributed by atoms with Crippen molar-refractivity contribution in [2.24, 2.45) is 0 Å². The van der Waals surface area contributed by atoms with Crippen molar-refractivity contribution < 1.29 is 98.8 Å². The Hall–Kier alpha value is -2.75. The molecule has 0 spiro atoms. The summed E-state index contributed by atoms with van der Waals surface area (Å²) >= 11 is 0. The summed E-state index contributed by atoms with van der Waals surface area (Å²) in [4.78, 5) is 2.00. The first-order valence-corrected chi connectivity index (χ1v) is 20.1. The first kappa shape index (κ1) is 43.0. The van der Waals surface area contributed by atoms with E-state index in [1.807, 2.05) is 126 Å². The summed E-state index contributed by atoms with van der Waals surface area (Å²) in [6.07, 6.45) is 5.83. The van der Waals surface area contributed by atoms with Crippen LogP contribution in [0.5, 0.6) is 5.75 Å². The Morgan fingerprint density at radius 3 is 1.92 bits per heavy atom. The molecule has 4 aromatic carbocycles. The number of hydrogen-bond donors (Lipinski definition) is 0. The predicted molar refractivity (Wildman–Crippen MR) is 196 cm³/mol. The van der Waals surface area contributed by atoms with Crippen LogP contribution in [0.1, 0.15) is 44.9 Å². The second-order valence-electron chi connectivity index (χ2n) is 12.4. The minimum atomic E-state index is -4.33. The van der Waals surface area contributed by atoms with E-state index in [4.69, 9.17) is 9.15 Å². The third-order valence-corrected chi connectivity index (χ3v) is 10.3. The molecule has 0 saturated heterocycles. The largest absolute Gasteiger partial charge is 1.00 e. The number of nitrogens with zero attached hydrogens (tertiary/aromatic N) is 2. The fourth-order valence-electron chi connectivity index (χ4n) is 6.16. The van der Waals surface area contributed by atoms with Crippen LogP contribution in [-0.4, -0.2) is 44.0 Å². The van der Waals surface area contributed by atoms with Gasteiger partial charge in [-0.2, -0.15) is 4.57 Å². The molecule has 1 aliphatic heterocycles. The fraction of sp³-hybridized carbons (Fsp3) is 0.256. The summed E-state index contributed by atoms with van der Waals surface area (Å²) in [7, 11) is -8.65. The molecular formula is C39H39N2Na2O8S2+. The Morgan fingerprint density at radius 1 is 0.736 bits per heavy atom. The van der Waals surface area contributed by atoms with Gasteiger partial charge in [-0.1, -0.05) is 79.7 Å². The maximum atomic E-state index is 11.3. The van der Waals surface area contributed by atoms with E-state index >= 15 is 0 Å². The second kappa shape index (κ2) is 19.2. The van der Waals surface area contributed by atoms with Crippen LogP contribution in [0.4, 0.5) is 5.69 Å². The van der Waals surface area contributed by atoms with E-state index in [1.54, 1.807) is 0 Å². The zero-order chi connectivity index (χ0) is 36.0. The molecule has 14 heteroatoms. The molecule has 0 unspecified atom stereocenters. The zero-order valence-corrected chi connectivity index (χ0v) is 35.9. The van der Waals surface area contributed by atoms with Crippen LogP contribution in [0.25, 0.3) is 39.4 Å². The average molecular weight is 774 g/mol. The summed E-state index contributed by atoms with van der Waals surface area (Å²) in [5.74, 6) is 0.909. The van der Waals surface area contributed by atoms with E-state index in [0.29, 0.717) is 55.5 Å². The van der Waals surface area contributed by atoms with Gasteiger partial charge < -0.3 is 23.2 Å². The van der Waals surface area contributed by atoms with Gasteiger partial charge >= 0.3 is 65.0 Å². The Labute approximate surface area is 355 Å². The first-order valence-electron chi connectivity index (χ1n) is 16.9. The van der Waals surface area contributed by atoms with E-state index in [-0.39, 0.29) is 72.0 Å². The third kappa shape index (κ3) is 11.6. The normalized spacial score (nSPS) is 13.8. The van der Waals surface area contributed by atoms with Gasteiger partial charge in [-0.05, 0) is 71.7 Å². The molecular weight excluding hydrogens is 735 g/mol. The van der Waals surface area contributed by atoms with E-state index in [9.17, 15) is 25.9 Å². The van der Waals surface area contributed by atoms with Gasteiger partial charge in [0.15, 0.2) is 12.3 Å². The molecule has 0 N–H and O–H groups in total. The molecule has 1 aromatic heterocycles. The van der Waals surface area contributed by atoms with Gasteiger partial charge in [-0.15, -0.1) is 0 Å². The van der Waals surface area contributed by atoms with Crippen LogP contribution in [0.2, 0.25) is 0 Å². The van der Waals surface area contributed by atoms with Crippen LogP contribution in [0.3, 0.4) is 0 Å². The maximum absolute atomic E-state index is 11.3. The van der Waals surface area contributed by atoms with E-state index in [2.05, 4.69) is 0 Å². The van der Waals surface area contributed by atoms with Gasteiger partial charge in [0.25, 0.3) is 5.52 Å². The van der Waals surface area contributed by atoms with Crippen LogP contribution in [-0.2, 0) is 26.8 Å². The summed E-state index contributed by atoms with van der Waals surface area (Å²) in [5.41, 5.74) is 7.30. The molecule has 0 amide bonds. The molecule has 5 aromatic rings. The minimum Gasteiger partial charge on any atom is -0.748 e. The Morgan fingerprint density at radius 2 is 1.32 bits per heavy atom. The van der Waals surface area contributed by atoms with Crippen molar-refractivity contribution in [3.05, 3.63) is 120 Å². The number of ether oxygens (including phenoxy) is 1. The second-order valence-corrected chi connectivity index (χ2v) is 15.5. The van der Waals surface area contributed by atoms with Crippen molar-refractivity contribution in [2.45, 2.75) is 45.6 Å². The number of fused-ring (bicyclic) bond motifs is 2. The molecule has 0 radical (unpaired) electrons. The van der Waals surface area contributed by atoms with Crippen LogP contribution >= 0.6 is 0 Å². The molecule has 0 bridgehead atoms. The van der Waals surface area contributed by atoms with Gasteiger partial charge in [0.2, 0.25) is 11.5 Å². The predicted octanol–water partition coefficient (Wildman–Crippen LogP) is 1.25. The smallest absolute Gasteiger partial charge is 0.748 e. The van der Waals surface area contributed by atoms with Gasteiger partial charge in [-0.25, -0.2) is 16.8 Å². The van der Waals surface area contributed by atoms with Crippen LogP contribution in [0, 0.1) is 0 Å². The summed E-state index contributed by atoms with van der Waals surface area (Å²) in [5, 5.41) is 0. The molecule has 0 fully saturated rings. The van der Waals surface area contributed by atoms with Crippen molar-refractivity contribution in [3.8, 4) is 28.0 Å². The Balaban J connectivity index is 0.00000314. The molecule has 0 saturated carbocycles. The van der Waals surface area contributed by atoms with E-state index in [0.717, 1.165) is 39.0 Å². The number of hydrogen-bond acceptors (Lipinski definition) is 9. The standard InChI is InChI=1S/C39H40N2O8S2.2Na/c1-2-29(25-38-40(21-9-11-23-50(42,43)44)34-27-32(17-19-36(34)48-38)30-13-5-3-6-14-30)26-39-41(22-10-12-24-51(45,46)47)35-28-33(18-20-37(35)49-39)31-15-7-4-8-16-31;;/h3-8,13-20,25-28H,2,9-12,21-24H2,1H3,(H-,42,43,44,45,46,47);;/q;2*+1/p-1. The molecule has 1 aliphatic rings. The molecule has 6 rings (SSSR count). The number of rotatable bonds is 15. The molecule has 266 valence electrons. The summed E-state index contributed by atoms with van der Waals surface area (Å²) in [6, 6.07) is 31.9. The first-order chi connectivity index (χ1) is 24.5. The number of allylic oxidation sites excluding steroid dienone is 2. The van der Waals surface area contributed by atoms with Crippen LogP contribution < -0.4 is 73.3 Å².